The molecule has 1 unspecified atom stereocenters. The zero-order valence-corrected chi connectivity index (χ0v) is 15.1. The number of para-hydroxylation sites is 2. The Morgan fingerprint density at radius 1 is 1.12 bits per heavy atom. The Morgan fingerprint density at radius 3 is 2.69 bits per heavy atom. The summed E-state index contributed by atoms with van der Waals surface area (Å²) in [6, 6.07) is 16.6. The van der Waals surface area contributed by atoms with Crippen molar-refractivity contribution in [3.63, 3.8) is 0 Å². The van der Waals surface area contributed by atoms with Crippen molar-refractivity contribution in [2.75, 3.05) is 25.2 Å². The lowest BCUT2D eigenvalue weighted by molar-refractivity contribution is 0.238. The Balaban J connectivity index is 1.75. The van der Waals surface area contributed by atoms with Crippen molar-refractivity contribution >= 4 is 17.0 Å². The minimum Gasteiger partial charge on any atom is -0.497 e. The van der Waals surface area contributed by atoms with Crippen molar-refractivity contribution < 1.29 is 9.84 Å². The Morgan fingerprint density at radius 2 is 1.92 bits per heavy atom. The number of anilines is 1. The van der Waals surface area contributed by atoms with Crippen LogP contribution in [0, 0.1) is 0 Å². The van der Waals surface area contributed by atoms with Gasteiger partial charge in [-0.1, -0.05) is 24.3 Å². The molecule has 1 aliphatic rings. The monoisotopic (exact) mass is 351 g/mol. The first-order chi connectivity index (χ1) is 12.8. The topological polar surface area (TPSA) is 50.5 Å². The van der Waals surface area contributed by atoms with Crippen LogP contribution in [0.15, 0.2) is 48.5 Å². The van der Waals surface area contributed by atoms with Gasteiger partial charge in [0.15, 0.2) is 0 Å². The third-order valence-corrected chi connectivity index (χ3v) is 5.23. The molecule has 0 amide bonds. The molecule has 26 heavy (non-hydrogen) atoms. The molecule has 0 spiro atoms. The van der Waals surface area contributed by atoms with Crippen LogP contribution in [0.1, 0.15) is 24.8 Å². The highest BCUT2D eigenvalue weighted by atomic mass is 16.5. The summed E-state index contributed by atoms with van der Waals surface area (Å²) < 4.78 is 7.54. The minimum atomic E-state index is 0.148. The first-order valence-electron chi connectivity index (χ1n) is 9.26. The van der Waals surface area contributed by atoms with Gasteiger partial charge < -0.3 is 19.3 Å². The minimum absolute atomic E-state index is 0.148. The molecule has 0 bridgehead atoms. The summed E-state index contributed by atoms with van der Waals surface area (Å²) in [4.78, 5) is 7.20. The average Bonchev–Trinajstić information content (AvgIpc) is 3.07. The molecular weight excluding hydrogens is 326 g/mol. The number of methoxy groups -OCH3 is 1. The van der Waals surface area contributed by atoms with Crippen LogP contribution in [0.4, 0.5) is 5.95 Å². The Bertz CT molecular complexity index is 873. The highest BCUT2D eigenvalue weighted by molar-refractivity contribution is 5.79. The van der Waals surface area contributed by atoms with Crippen LogP contribution in [0.2, 0.25) is 0 Å². The van der Waals surface area contributed by atoms with Crippen LogP contribution in [0.25, 0.3) is 11.0 Å². The molecule has 2 aromatic carbocycles. The molecule has 0 saturated carbocycles. The largest absolute Gasteiger partial charge is 0.497 e. The van der Waals surface area contributed by atoms with E-state index in [2.05, 4.69) is 39.8 Å². The third-order valence-electron chi connectivity index (χ3n) is 5.23. The average molecular weight is 351 g/mol. The highest BCUT2D eigenvalue weighted by Crippen LogP contribution is 2.29. The van der Waals surface area contributed by atoms with Crippen LogP contribution < -0.4 is 9.64 Å². The summed E-state index contributed by atoms with van der Waals surface area (Å²) in [5.41, 5.74) is 3.33. The zero-order chi connectivity index (χ0) is 17.9. The number of ether oxygens (including phenoxy) is 1. The van der Waals surface area contributed by atoms with E-state index < -0.39 is 0 Å². The number of benzene rings is 2. The van der Waals surface area contributed by atoms with Crippen molar-refractivity contribution in [2.45, 2.75) is 31.8 Å². The summed E-state index contributed by atoms with van der Waals surface area (Å²) in [7, 11) is 1.68. The highest BCUT2D eigenvalue weighted by Gasteiger charge is 2.26. The first-order valence-corrected chi connectivity index (χ1v) is 9.26. The lowest BCUT2D eigenvalue weighted by atomic mass is 10.0. The summed E-state index contributed by atoms with van der Waals surface area (Å²) in [5.74, 6) is 1.82. The number of nitrogens with zero attached hydrogens (tertiary/aromatic N) is 3. The van der Waals surface area contributed by atoms with E-state index in [1.165, 1.54) is 12.0 Å². The molecule has 136 valence electrons. The van der Waals surface area contributed by atoms with Gasteiger partial charge in [0.1, 0.15) is 5.75 Å². The number of hydrogen-bond acceptors (Lipinski definition) is 4. The molecule has 3 aromatic rings. The number of imidazole rings is 1. The molecule has 1 aliphatic heterocycles. The molecule has 0 radical (unpaired) electrons. The fourth-order valence-corrected chi connectivity index (χ4v) is 3.81. The quantitative estimate of drug-likeness (QED) is 0.765. The lowest BCUT2D eigenvalue weighted by Crippen LogP contribution is -2.43. The van der Waals surface area contributed by atoms with Crippen molar-refractivity contribution in [1.29, 1.82) is 0 Å². The second kappa shape index (κ2) is 7.38. The van der Waals surface area contributed by atoms with Gasteiger partial charge in [0.2, 0.25) is 5.95 Å². The van der Waals surface area contributed by atoms with Gasteiger partial charge in [0, 0.05) is 6.54 Å². The summed E-state index contributed by atoms with van der Waals surface area (Å²) >= 11 is 0. The fourth-order valence-electron chi connectivity index (χ4n) is 3.81. The van der Waals surface area contributed by atoms with Gasteiger partial charge in [-0.3, -0.25) is 0 Å². The fraction of sp³-hybridized carbons (Fsp3) is 0.381. The molecule has 1 N–H and O–H groups in total. The molecule has 1 aromatic heterocycles. The molecular formula is C21H25N3O2. The number of hydrogen-bond donors (Lipinski definition) is 1. The van der Waals surface area contributed by atoms with Gasteiger partial charge in [-0.15, -0.1) is 0 Å². The van der Waals surface area contributed by atoms with Gasteiger partial charge in [0.25, 0.3) is 0 Å². The maximum absolute atomic E-state index is 9.84. The van der Waals surface area contributed by atoms with Gasteiger partial charge in [0.05, 0.1) is 37.3 Å². The number of rotatable bonds is 5. The zero-order valence-electron chi connectivity index (χ0n) is 15.1. The van der Waals surface area contributed by atoms with Crippen molar-refractivity contribution in [2.24, 2.45) is 0 Å². The second-order valence-corrected chi connectivity index (χ2v) is 6.86. The Kier molecular flexibility index (Phi) is 4.80. The Hall–Kier alpha value is -2.53. The van der Waals surface area contributed by atoms with Gasteiger partial charge in [-0.05, 0) is 49.1 Å². The predicted molar refractivity (Wildman–Crippen MR) is 104 cm³/mol. The molecule has 1 saturated heterocycles. The van der Waals surface area contributed by atoms with Gasteiger partial charge in [-0.2, -0.15) is 0 Å². The second-order valence-electron chi connectivity index (χ2n) is 6.86. The van der Waals surface area contributed by atoms with Crippen molar-refractivity contribution in [3.05, 3.63) is 54.1 Å². The number of aliphatic hydroxyl groups is 1. The third kappa shape index (κ3) is 3.15. The molecule has 1 atom stereocenters. The molecule has 0 aliphatic carbocycles. The lowest BCUT2D eigenvalue weighted by Gasteiger charge is -2.35. The number of piperidine rings is 1. The van der Waals surface area contributed by atoms with Crippen LogP contribution in [-0.4, -0.2) is 41.0 Å². The van der Waals surface area contributed by atoms with E-state index in [1.807, 2.05) is 18.2 Å². The van der Waals surface area contributed by atoms with Gasteiger partial charge in [-0.25, -0.2) is 4.98 Å². The smallest absolute Gasteiger partial charge is 0.207 e. The molecule has 5 heteroatoms. The molecule has 2 heterocycles. The number of aliphatic hydroxyl groups excluding tert-OH is 1. The van der Waals surface area contributed by atoms with E-state index in [4.69, 9.17) is 9.72 Å². The van der Waals surface area contributed by atoms with E-state index in [1.54, 1.807) is 7.11 Å². The first kappa shape index (κ1) is 16.9. The molecule has 1 fully saturated rings. The summed E-state index contributed by atoms with van der Waals surface area (Å²) in [6.45, 7) is 1.86. The maximum atomic E-state index is 9.84. The maximum Gasteiger partial charge on any atom is 0.207 e. The number of aromatic nitrogens is 2. The molecule has 4 rings (SSSR count). The van der Waals surface area contributed by atoms with Crippen LogP contribution in [-0.2, 0) is 6.54 Å². The van der Waals surface area contributed by atoms with Crippen molar-refractivity contribution in [1.82, 2.24) is 9.55 Å². The van der Waals surface area contributed by atoms with E-state index >= 15 is 0 Å². The van der Waals surface area contributed by atoms with E-state index in [0.29, 0.717) is 0 Å². The normalized spacial score (nSPS) is 17.6. The SMILES string of the molecule is COc1ccc(Cn2c(N3CCCCC3CO)nc3ccccc32)cc1. The van der Waals surface area contributed by atoms with Crippen molar-refractivity contribution in [3.8, 4) is 5.75 Å². The standard InChI is InChI=1S/C21H25N3O2/c1-26-18-11-9-16(10-12-18)14-24-20-8-3-2-7-19(20)22-21(24)23-13-5-4-6-17(23)15-25/h2-3,7-12,17,25H,4-6,13-15H2,1H3. The van der Waals surface area contributed by atoms with Crippen LogP contribution in [0.5, 0.6) is 5.75 Å². The number of fused-ring (bicyclic) bond motifs is 1. The van der Waals surface area contributed by atoms with E-state index in [0.717, 1.165) is 48.7 Å². The van der Waals surface area contributed by atoms with Crippen LogP contribution in [0.3, 0.4) is 0 Å². The van der Waals surface area contributed by atoms with E-state index in [-0.39, 0.29) is 12.6 Å². The van der Waals surface area contributed by atoms with Gasteiger partial charge >= 0.3 is 0 Å². The van der Waals surface area contributed by atoms with E-state index in [9.17, 15) is 5.11 Å². The molecule has 5 nitrogen and oxygen atoms in total. The summed E-state index contributed by atoms with van der Waals surface area (Å²) in [5, 5.41) is 9.84. The predicted octanol–water partition coefficient (Wildman–Crippen LogP) is 3.44. The van der Waals surface area contributed by atoms with Crippen LogP contribution >= 0.6 is 0 Å². The summed E-state index contributed by atoms with van der Waals surface area (Å²) in [6.07, 6.45) is 3.32. The Labute approximate surface area is 153 Å².